The second-order valence-corrected chi connectivity index (χ2v) is 10.8. The van der Waals surface area contributed by atoms with E-state index in [4.69, 9.17) is 0 Å². The van der Waals surface area contributed by atoms with Gasteiger partial charge < -0.3 is 10.2 Å². The van der Waals surface area contributed by atoms with Gasteiger partial charge in [-0.1, -0.05) is 13.8 Å². The number of nitrogens with one attached hydrogen (secondary N) is 1. The first-order valence-corrected chi connectivity index (χ1v) is 12.4. The van der Waals surface area contributed by atoms with Crippen LogP contribution in [0.15, 0.2) is 4.91 Å². The van der Waals surface area contributed by atoms with Crippen LogP contribution in [0.3, 0.4) is 0 Å². The number of likely N-dealkylation sites (tertiary alicyclic amines) is 1. The SMILES string of the molecule is CC1CC(C)CN(CCCNC(=O)C2=Cc3sc4c(c3CS2)CCCC4)C1. The van der Waals surface area contributed by atoms with Crippen molar-refractivity contribution in [2.75, 3.05) is 26.2 Å². The number of carbonyl (C=O) groups excluding carboxylic acids is 1. The molecule has 4 rings (SSSR count). The Bertz CT molecular complexity index is 714. The van der Waals surface area contributed by atoms with Gasteiger partial charge in [0.25, 0.3) is 5.91 Å². The van der Waals surface area contributed by atoms with Crippen molar-refractivity contribution in [3.63, 3.8) is 0 Å². The summed E-state index contributed by atoms with van der Waals surface area (Å²) in [6, 6.07) is 0. The standard InChI is InChI=1S/C22H32N2OS2/c1-15-10-16(2)13-24(12-15)9-5-8-23-22(25)21-11-20-18(14-26-21)17-6-3-4-7-19(17)27-20/h11,15-16H,3-10,12-14H2,1-2H3,(H,23,25). The zero-order valence-electron chi connectivity index (χ0n) is 16.7. The van der Waals surface area contributed by atoms with Crippen molar-refractivity contribution in [2.45, 2.75) is 58.1 Å². The molecule has 0 aromatic carbocycles. The molecule has 1 amide bonds. The monoisotopic (exact) mass is 404 g/mol. The first-order valence-electron chi connectivity index (χ1n) is 10.6. The summed E-state index contributed by atoms with van der Waals surface area (Å²) >= 11 is 3.65. The quantitative estimate of drug-likeness (QED) is 0.722. The Labute approximate surface area is 172 Å². The number of thiophene rings is 1. The lowest BCUT2D eigenvalue weighted by atomic mass is 9.92. The predicted octanol–water partition coefficient (Wildman–Crippen LogP) is 4.70. The second-order valence-electron chi connectivity index (χ2n) is 8.67. The fraction of sp³-hybridized carbons (Fsp3) is 0.682. The van der Waals surface area contributed by atoms with Crippen LogP contribution in [0, 0.1) is 11.8 Å². The van der Waals surface area contributed by atoms with E-state index in [1.54, 1.807) is 22.2 Å². The third-order valence-corrected chi connectivity index (χ3v) is 8.38. The third kappa shape index (κ3) is 4.63. The fourth-order valence-electron chi connectivity index (χ4n) is 4.94. The van der Waals surface area contributed by atoms with Crippen molar-refractivity contribution in [2.24, 2.45) is 11.8 Å². The summed E-state index contributed by atoms with van der Waals surface area (Å²) in [5.41, 5.74) is 3.12. The number of carbonyl (C=O) groups is 1. The second kappa shape index (κ2) is 8.71. The van der Waals surface area contributed by atoms with Gasteiger partial charge in [0.05, 0.1) is 4.91 Å². The molecule has 1 aromatic rings. The maximum Gasteiger partial charge on any atom is 0.257 e. The molecule has 0 spiro atoms. The first-order chi connectivity index (χ1) is 13.1. The van der Waals surface area contributed by atoms with Crippen LogP contribution in [-0.2, 0) is 23.4 Å². The molecule has 3 aliphatic rings. The van der Waals surface area contributed by atoms with Crippen molar-refractivity contribution in [1.82, 2.24) is 10.2 Å². The van der Waals surface area contributed by atoms with Gasteiger partial charge in [-0.3, -0.25) is 4.79 Å². The Morgan fingerprint density at radius 3 is 2.78 bits per heavy atom. The number of hydrogen-bond acceptors (Lipinski definition) is 4. The number of aryl methyl sites for hydroxylation is 1. The first kappa shape index (κ1) is 19.5. The lowest BCUT2D eigenvalue weighted by molar-refractivity contribution is -0.116. The minimum atomic E-state index is 0.123. The number of nitrogens with zero attached hydrogens (tertiary/aromatic N) is 1. The topological polar surface area (TPSA) is 32.3 Å². The molecule has 148 valence electrons. The van der Waals surface area contributed by atoms with E-state index in [2.05, 4.69) is 30.1 Å². The van der Waals surface area contributed by atoms with E-state index in [1.165, 1.54) is 55.6 Å². The summed E-state index contributed by atoms with van der Waals surface area (Å²) in [5.74, 6) is 2.71. The van der Waals surface area contributed by atoms with Crippen LogP contribution in [-0.4, -0.2) is 37.0 Å². The molecule has 0 saturated carbocycles. The molecule has 1 aliphatic carbocycles. The molecule has 1 aromatic heterocycles. The zero-order valence-corrected chi connectivity index (χ0v) is 18.3. The van der Waals surface area contributed by atoms with Gasteiger partial charge in [0.2, 0.25) is 0 Å². The Balaban J connectivity index is 1.27. The van der Waals surface area contributed by atoms with E-state index in [0.29, 0.717) is 0 Å². The molecule has 5 heteroatoms. The molecule has 2 atom stereocenters. The normalized spacial score (nSPS) is 25.5. The van der Waals surface area contributed by atoms with Crippen molar-refractivity contribution < 1.29 is 4.79 Å². The van der Waals surface area contributed by atoms with E-state index in [-0.39, 0.29) is 5.91 Å². The van der Waals surface area contributed by atoms with E-state index in [0.717, 1.165) is 42.0 Å². The molecule has 2 aliphatic heterocycles. The van der Waals surface area contributed by atoms with Gasteiger partial charge in [0, 0.05) is 35.1 Å². The highest BCUT2D eigenvalue weighted by Gasteiger charge is 2.25. The van der Waals surface area contributed by atoms with Crippen molar-refractivity contribution >= 4 is 35.1 Å². The lowest BCUT2D eigenvalue weighted by Crippen LogP contribution is -2.40. The van der Waals surface area contributed by atoms with Gasteiger partial charge in [-0.15, -0.1) is 23.1 Å². The molecule has 0 radical (unpaired) electrons. The van der Waals surface area contributed by atoms with E-state index >= 15 is 0 Å². The minimum Gasteiger partial charge on any atom is -0.352 e. The van der Waals surface area contributed by atoms with Crippen molar-refractivity contribution in [3.05, 3.63) is 25.8 Å². The van der Waals surface area contributed by atoms with Gasteiger partial charge in [-0.05, 0) is 74.1 Å². The van der Waals surface area contributed by atoms with E-state index in [1.807, 2.05) is 11.3 Å². The highest BCUT2D eigenvalue weighted by molar-refractivity contribution is 8.03. The molecule has 2 unspecified atom stereocenters. The maximum atomic E-state index is 12.6. The fourth-order valence-corrected chi connectivity index (χ4v) is 7.49. The van der Waals surface area contributed by atoms with Gasteiger partial charge in [-0.2, -0.15) is 0 Å². The van der Waals surface area contributed by atoms with Crippen LogP contribution in [0.5, 0.6) is 0 Å². The number of thioether (sulfide) groups is 1. The Hall–Kier alpha value is -0.780. The van der Waals surface area contributed by atoms with Crippen LogP contribution >= 0.6 is 23.1 Å². The van der Waals surface area contributed by atoms with Crippen LogP contribution in [0.25, 0.3) is 6.08 Å². The number of hydrogen-bond donors (Lipinski definition) is 1. The summed E-state index contributed by atoms with van der Waals surface area (Å²) in [6.45, 7) is 9.02. The van der Waals surface area contributed by atoms with Gasteiger partial charge in [0.1, 0.15) is 0 Å². The van der Waals surface area contributed by atoms with Gasteiger partial charge in [-0.25, -0.2) is 0 Å². The van der Waals surface area contributed by atoms with Crippen LogP contribution < -0.4 is 5.32 Å². The highest BCUT2D eigenvalue weighted by atomic mass is 32.2. The van der Waals surface area contributed by atoms with Gasteiger partial charge in [0.15, 0.2) is 0 Å². The van der Waals surface area contributed by atoms with Gasteiger partial charge >= 0.3 is 0 Å². The molecule has 1 fully saturated rings. The predicted molar refractivity (Wildman–Crippen MR) is 117 cm³/mol. The number of rotatable bonds is 5. The Morgan fingerprint density at radius 1 is 1.19 bits per heavy atom. The average molecular weight is 405 g/mol. The summed E-state index contributed by atoms with van der Waals surface area (Å²) < 4.78 is 0. The molecule has 1 N–H and O–H groups in total. The van der Waals surface area contributed by atoms with Crippen molar-refractivity contribution in [3.8, 4) is 0 Å². The summed E-state index contributed by atoms with van der Waals surface area (Å²) in [5, 5.41) is 3.16. The average Bonchev–Trinajstić information content (AvgIpc) is 3.02. The Morgan fingerprint density at radius 2 is 1.96 bits per heavy atom. The molecular weight excluding hydrogens is 372 g/mol. The van der Waals surface area contributed by atoms with Crippen LogP contribution in [0.4, 0.5) is 0 Å². The van der Waals surface area contributed by atoms with E-state index in [9.17, 15) is 4.79 Å². The minimum absolute atomic E-state index is 0.123. The molecule has 3 nitrogen and oxygen atoms in total. The molecular formula is C22H32N2OS2. The number of fused-ring (bicyclic) bond motifs is 3. The molecule has 27 heavy (non-hydrogen) atoms. The third-order valence-electron chi connectivity index (χ3n) is 6.05. The molecule has 3 heterocycles. The summed E-state index contributed by atoms with van der Waals surface area (Å²) in [4.78, 5) is 19.0. The number of piperidine rings is 1. The Kier molecular flexibility index (Phi) is 6.30. The van der Waals surface area contributed by atoms with E-state index < -0.39 is 0 Å². The molecule has 1 saturated heterocycles. The summed E-state index contributed by atoms with van der Waals surface area (Å²) in [7, 11) is 0. The number of amides is 1. The highest BCUT2D eigenvalue weighted by Crippen LogP contribution is 2.42. The van der Waals surface area contributed by atoms with Crippen molar-refractivity contribution in [1.29, 1.82) is 0 Å². The van der Waals surface area contributed by atoms with Crippen LogP contribution in [0.2, 0.25) is 0 Å². The smallest absolute Gasteiger partial charge is 0.257 e. The largest absolute Gasteiger partial charge is 0.352 e. The zero-order chi connectivity index (χ0) is 18.8. The lowest BCUT2D eigenvalue weighted by Gasteiger charge is -2.34. The summed E-state index contributed by atoms with van der Waals surface area (Å²) in [6.07, 6.45) is 9.67. The van der Waals surface area contributed by atoms with Crippen LogP contribution in [0.1, 0.15) is 60.4 Å². The maximum absolute atomic E-state index is 12.6. The molecule has 0 bridgehead atoms.